The van der Waals surface area contributed by atoms with Crippen LogP contribution >= 0.6 is 11.6 Å². The molecule has 0 radical (unpaired) electrons. The highest BCUT2D eigenvalue weighted by Gasteiger charge is 2.23. The SMILES string of the molecule is CC(CN(C)C)NS(=O)(=O)c1cc(F)c(Cl)c(C(=O)O)c1. The number of aromatic carboxylic acids is 1. The summed E-state index contributed by atoms with van der Waals surface area (Å²) in [6.45, 7) is 2.07. The molecule has 0 heterocycles. The van der Waals surface area contributed by atoms with Gasteiger partial charge in [-0.25, -0.2) is 22.3 Å². The largest absolute Gasteiger partial charge is 0.478 e. The fourth-order valence-corrected chi connectivity index (χ4v) is 3.25. The normalized spacial score (nSPS) is 13.4. The monoisotopic (exact) mass is 338 g/mol. The van der Waals surface area contributed by atoms with Crippen LogP contribution in [0.2, 0.25) is 5.02 Å². The molecule has 0 bridgehead atoms. The highest BCUT2D eigenvalue weighted by molar-refractivity contribution is 7.89. The lowest BCUT2D eigenvalue weighted by molar-refractivity contribution is 0.0696. The Labute approximate surface area is 127 Å². The standard InChI is InChI=1S/C12H16ClFN2O4S/c1-7(6-16(2)3)15-21(19,20)8-4-9(12(17)18)11(13)10(14)5-8/h4-5,7,15H,6H2,1-3H3,(H,17,18). The number of rotatable bonds is 6. The average Bonchev–Trinajstić information content (AvgIpc) is 2.29. The van der Waals surface area contributed by atoms with Gasteiger partial charge in [0, 0.05) is 12.6 Å². The second-order valence-electron chi connectivity index (χ2n) is 4.86. The van der Waals surface area contributed by atoms with E-state index in [1.54, 1.807) is 25.9 Å². The van der Waals surface area contributed by atoms with E-state index in [-0.39, 0.29) is 0 Å². The molecule has 0 fully saturated rings. The van der Waals surface area contributed by atoms with E-state index in [4.69, 9.17) is 16.7 Å². The van der Waals surface area contributed by atoms with Gasteiger partial charge < -0.3 is 10.0 Å². The second-order valence-corrected chi connectivity index (χ2v) is 6.95. The highest BCUT2D eigenvalue weighted by Crippen LogP contribution is 2.24. The van der Waals surface area contributed by atoms with Crippen molar-refractivity contribution in [2.45, 2.75) is 17.9 Å². The van der Waals surface area contributed by atoms with Gasteiger partial charge in [0.15, 0.2) is 0 Å². The van der Waals surface area contributed by atoms with Crippen molar-refractivity contribution in [3.05, 3.63) is 28.5 Å². The molecule has 0 aliphatic rings. The molecule has 0 amide bonds. The molecule has 9 heteroatoms. The molecular weight excluding hydrogens is 323 g/mol. The zero-order valence-electron chi connectivity index (χ0n) is 11.7. The van der Waals surface area contributed by atoms with E-state index < -0.39 is 43.3 Å². The fraction of sp³-hybridized carbons (Fsp3) is 0.417. The first kappa shape index (κ1) is 17.8. The molecule has 1 unspecified atom stereocenters. The van der Waals surface area contributed by atoms with Crippen LogP contribution in [0.5, 0.6) is 0 Å². The number of halogens is 2. The summed E-state index contributed by atoms with van der Waals surface area (Å²) in [5, 5.41) is 8.29. The van der Waals surface area contributed by atoms with Crippen LogP contribution < -0.4 is 4.72 Å². The summed E-state index contributed by atoms with van der Waals surface area (Å²) in [5.41, 5.74) is -0.600. The molecule has 6 nitrogen and oxygen atoms in total. The lowest BCUT2D eigenvalue weighted by atomic mass is 10.2. The van der Waals surface area contributed by atoms with Crippen LogP contribution in [0, 0.1) is 5.82 Å². The minimum absolute atomic E-state index is 0.432. The van der Waals surface area contributed by atoms with Crippen LogP contribution in [-0.2, 0) is 10.0 Å². The number of hydrogen-bond donors (Lipinski definition) is 2. The van der Waals surface area contributed by atoms with Gasteiger partial charge in [0.1, 0.15) is 5.82 Å². The van der Waals surface area contributed by atoms with Crippen molar-refractivity contribution in [2.24, 2.45) is 0 Å². The smallest absolute Gasteiger partial charge is 0.337 e. The molecule has 1 aromatic rings. The van der Waals surface area contributed by atoms with Gasteiger partial charge in [0.05, 0.1) is 15.5 Å². The third-order valence-corrected chi connectivity index (χ3v) is 4.49. The van der Waals surface area contributed by atoms with E-state index in [1.807, 2.05) is 0 Å². The van der Waals surface area contributed by atoms with E-state index in [0.29, 0.717) is 12.6 Å². The molecule has 1 atom stereocenters. The van der Waals surface area contributed by atoms with Crippen LogP contribution in [0.4, 0.5) is 4.39 Å². The lowest BCUT2D eigenvalue weighted by Gasteiger charge is -2.18. The number of carboxylic acid groups (broad SMARTS) is 1. The summed E-state index contributed by atoms with van der Waals surface area (Å²) in [5.74, 6) is -2.60. The third-order valence-electron chi connectivity index (χ3n) is 2.54. The minimum atomic E-state index is -4.04. The van der Waals surface area contributed by atoms with E-state index in [9.17, 15) is 17.6 Å². The molecular formula is C12H16ClFN2O4S. The zero-order chi connectivity index (χ0) is 16.4. The first-order valence-electron chi connectivity index (χ1n) is 5.94. The maximum absolute atomic E-state index is 13.6. The number of benzene rings is 1. The van der Waals surface area contributed by atoms with Crippen molar-refractivity contribution in [1.82, 2.24) is 9.62 Å². The van der Waals surface area contributed by atoms with E-state index in [0.717, 1.165) is 6.07 Å². The van der Waals surface area contributed by atoms with E-state index >= 15 is 0 Å². The number of nitrogens with one attached hydrogen (secondary N) is 1. The Morgan fingerprint density at radius 3 is 2.52 bits per heavy atom. The van der Waals surface area contributed by atoms with Crippen molar-refractivity contribution in [3.8, 4) is 0 Å². The van der Waals surface area contributed by atoms with Crippen molar-refractivity contribution >= 4 is 27.6 Å². The zero-order valence-corrected chi connectivity index (χ0v) is 13.3. The van der Waals surface area contributed by atoms with Gasteiger partial charge in [0.2, 0.25) is 10.0 Å². The Morgan fingerprint density at radius 2 is 2.05 bits per heavy atom. The summed E-state index contributed by atoms with van der Waals surface area (Å²) in [6.07, 6.45) is 0. The average molecular weight is 339 g/mol. The summed E-state index contributed by atoms with van der Waals surface area (Å²) >= 11 is 5.51. The van der Waals surface area contributed by atoms with Gasteiger partial charge in [-0.2, -0.15) is 0 Å². The predicted octanol–water partition coefficient (Wildman–Crippen LogP) is 1.41. The number of sulfonamides is 1. The van der Waals surface area contributed by atoms with Crippen LogP contribution in [0.25, 0.3) is 0 Å². The third kappa shape index (κ3) is 4.63. The maximum Gasteiger partial charge on any atom is 0.337 e. The Hall–Kier alpha value is -1.22. The minimum Gasteiger partial charge on any atom is -0.478 e. The van der Waals surface area contributed by atoms with Crippen LogP contribution in [-0.4, -0.2) is 51.1 Å². The van der Waals surface area contributed by atoms with Gasteiger partial charge in [-0.05, 0) is 33.2 Å². The van der Waals surface area contributed by atoms with Crippen molar-refractivity contribution in [3.63, 3.8) is 0 Å². The molecule has 1 rings (SSSR count). The summed E-state index contributed by atoms with van der Waals surface area (Å²) in [7, 11) is -0.493. The van der Waals surface area contributed by atoms with Crippen LogP contribution in [0.15, 0.2) is 17.0 Å². The molecule has 2 N–H and O–H groups in total. The molecule has 0 saturated heterocycles. The topological polar surface area (TPSA) is 86.7 Å². The number of likely N-dealkylation sites (N-methyl/N-ethyl adjacent to an activating group) is 1. The molecule has 0 aliphatic heterocycles. The van der Waals surface area contributed by atoms with Gasteiger partial charge >= 0.3 is 5.97 Å². The lowest BCUT2D eigenvalue weighted by Crippen LogP contribution is -2.39. The molecule has 21 heavy (non-hydrogen) atoms. The van der Waals surface area contributed by atoms with Crippen LogP contribution in [0.1, 0.15) is 17.3 Å². The molecule has 0 saturated carbocycles. The molecule has 0 spiro atoms. The summed E-state index contributed by atoms with van der Waals surface area (Å²) < 4.78 is 40.2. The number of nitrogens with zero attached hydrogens (tertiary/aromatic N) is 1. The van der Waals surface area contributed by atoms with Gasteiger partial charge in [0.25, 0.3) is 0 Å². The first-order chi connectivity index (χ1) is 9.54. The molecule has 0 aromatic heterocycles. The van der Waals surface area contributed by atoms with Gasteiger partial charge in [-0.3, -0.25) is 0 Å². The summed E-state index contributed by atoms with van der Waals surface area (Å²) in [4.78, 5) is 12.2. The predicted molar refractivity (Wildman–Crippen MR) is 76.7 cm³/mol. The number of carboxylic acids is 1. The van der Waals surface area contributed by atoms with Crippen molar-refractivity contribution in [2.75, 3.05) is 20.6 Å². The Morgan fingerprint density at radius 1 is 1.48 bits per heavy atom. The van der Waals surface area contributed by atoms with Crippen molar-refractivity contribution < 1.29 is 22.7 Å². The Kier molecular flexibility index (Phi) is 5.68. The van der Waals surface area contributed by atoms with Crippen molar-refractivity contribution in [1.29, 1.82) is 0 Å². The van der Waals surface area contributed by atoms with E-state index in [1.165, 1.54) is 0 Å². The molecule has 0 aliphatic carbocycles. The number of carbonyl (C=O) groups is 1. The second kappa shape index (κ2) is 6.69. The highest BCUT2D eigenvalue weighted by atomic mass is 35.5. The van der Waals surface area contributed by atoms with Gasteiger partial charge in [-0.15, -0.1) is 0 Å². The summed E-state index contributed by atoms with van der Waals surface area (Å²) in [6, 6.07) is 1.09. The fourth-order valence-electron chi connectivity index (χ4n) is 1.79. The van der Waals surface area contributed by atoms with Crippen LogP contribution in [0.3, 0.4) is 0 Å². The Bertz CT molecular complexity index is 649. The Balaban J connectivity index is 3.17. The quantitative estimate of drug-likeness (QED) is 0.819. The number of hydrogen-bond acceptors (Lipinski definition) is 4. The maximum atomic E-state index is 13.6. The molecule has 1 aromatic carbocycles. The first-order valence-corrected chi connectivity index (χ1v) is 7.80. The van der Waals surface area contributed by atoms with E-state index in [2.05, 4.69) is 4.72 Å². The molecule has 118 valence electrons. The van der Waals surface area contributed by atoms with Gasteiger partial charge in [-0.1, -0.05) is 11.6 Å².